The van der Waals surface area contributed by atoms with Gasteiger partial charge in [0.2, 0.25) is 10.0 Å². The minimum Gasteiger partial charge on any atom is -0.444 e. The standard InChI is InChI=1S/C22H29N3O5S/c1-2-3-4-8-20(26)30-15-24-13-9-16-17(21(24)27)6-5-7-18(16)31(28,29)25-14-10-19(23)22(25)11-12-22/h5-7,9,13,19H,2-4,8,10-12,14-15,23H2,1H3. The molecular weight excluding hydrogens is 418 g/mol. The van der Waals surface area contributed by atoms with Gasteiger partial charge in [0.05, 0.1) is 10.4 Å². The Kier molecular flexibility index (Phi) is 5.93. The third kappa shape index (κ3) is 3.90. The summed E-state index contributed by atoms with van der Waals surface area (Å²) in [7, 11) is -3.79. The molecule has 0 amide bonds. The summed E-state index contributed by atoms with van der Waals surface area (Å²) in [5.74, 6) is -0.350. The van der Waals surface area contributed by atoms with Crippen LogP contribution in [0.4, 0.5) is 0 Å². The van der Waals surface area contributed by atoms with Gasteiger partial charge in [0.15, 0.2) is 6.73 Å². The molecule has 31 heavy (non-hydrogen) atoms. The second-order valence-electron chi connectivity index (χ2n) is 8.49. The highest BCUT2D eigenvalue weighted by molar-refractivity contribution is 7.89. The summed E-state index contributed by atoms with van der Waals surface area (Å²) in [5, 5.41) is 0.647. The summed E-state index contributed by atoms with van der Waals surface area (Å²) >= 11 is 0. The highest BCUT2D eigenvalue weighted by atomic mass is 32.2. The van der Waals surface area contributed by atoms with Crippen molar-refractivity contribution in [2.24, 2.45) is 5.73 Å². The Balaban J connectivity index is 1.61. The van der Waals surface area contributed by atoms with Crippen LogP contribution in [0.15, 0.2) is 40.2 Å². The lowest BCUT2D eigenvalue weighted by atomic mass is 10.1. The number of aromatic nitrogens is 1. The average molecular weight is 448 g/mol. The summed E-state index contributed by atoms with van der Waals surface area (Å²) in [6.07, 6.45) is 6.69. The number of hydrogen-bond donors (Lipinski definition) is 1. The number of carbonyl (C=O) groups is 1. The second-order valence-corrected chi connectivity index (χ2v) is 10.3. The molecule has 1 aliphatic heterocycles. The smallest absolute Gasteiger partial charge is 0.307 e. The lowest BCUT2D eigenvalue weighted by Crippen LogP contribution is -2.44. The Morgan fingerprint density at radius 1 is 1.23 bits per heavy atom. The summed E-state index contributed by atoms with van der Waals surface area (Å²) in [4.78, 5) is 24.9. The van der Waals surface area contributed by atoms with Crippen molar-refractivity contribution < 1.29 is 17.9 Å². The number of nitrogens with two attached hydrogens (primary N) is 1. The Morgan fingerprint density at radius 3 is 2.71 bits per heavy atom. The van der Waals surface area contributed by atoms with Crippen molar-refractivity contribution in [2.45, 2.75) is 75.1 Å². The van der Waals surface area contributed by atoms with Crippen LogP contribution >= 0.6 is 0 Å². The summed E-state index contributed by atoms with van der Waals surface area (Å²) in [6.45, 7) is 2.25. The molecule has 1 aliphatic carbocycles. The number of unbranched alkanes of at least 4 members (excludes halogenated alkanes) is 2. The fraction of sp³-hybridized carbons (Fsp3) is 0.545. The van der Waals surface area contributed by atoms with Gasteiger partial charge in [0, 0.05) is 36.0 Å². The van der Waals surface area contributed by atoms with E-state index < -0.39 is 21.1 Å². The molecule has 2 N–H and O–H groups in total. The van der Waals surface area contributed by atoms with Crippen LogP contribution in [0, 0.1) is 0 Å². The predicted octanol–water partition coefficient (Wildman–Crippen LogP) is 2.34. The molecule has 9 heteroatoms. The van der Waals surface area contributed by atoms with Crippen molar-refractivity contribution in [3.63, 3.8) is 0 Å². The van der Waals surface area contributed by atoms with Crippen molar-refractivity contribution in [3.05, 3.63) is 40.8 Å². The Hall–Kier alpha value is -2.23. The summed E-state index contributed by atoms with van der Waals surface area (Å²) in [5.41, 5.74) is 5.33. The van der Waals surface area contributed by atoms with Gasteiger partial charge in [-0.1, -0.05) is 25.8 Å². The predicted molar refractivity (Wildman–Crippen MR) is 117 cm³/mol. The third-order valence-electron chi connectivity index (χ3n) is 6.49. The fourth-order valence-electron chi connectivity index (χ4n) is 4.51. The molecule has 1 unspecified atom stereocenters. The molecule has 1 atom stereocenters. The largest absolute Gasteiger partial charge is 0.444 e. The van der Waals surface area contributed by atoms with Crippen molar-refractivity contribution in [2.75, 3.05) is 6.54 Å². The number of ether oxygens (including phenoxy) is 1. The average Bonchev–Trinajstić information content (AvgIpc) is 3.47. The molecule has 1 spiro atoms. The Bertz CT molecular complexity index is 1150. The van der Waals surface area contributed by atoms with Gasteiger partial charge in [0.1, 0.15) is 0 Å². The Labute approximate surface area is 182 Å². The van der Waals surface area contributed by atoms with E-state index >= 15 is 0 Å². The van der Waals surface area contributed by atoms with Gasteiger partial charge in [0.25, 0.3) is 5.56 Å². The maximum absolute atomic E-state index is 13.5. The van der Waals surface area contributed by atoms with Crippen molar-refractivity contribution in [1.82, 2.24) is 8.87 Å². The lowest BCUT2D eigenvalue weighted by molar-refractivity contribution is -0.147. The van der Waals surface area contributed by atoms with Crippen molar-refractivity contribution >= 4 is 26.8 Å². The van der Waals surface area contributed by atoms with E-state index in [1.54, 1.807) is 18.2 Å². The number of benzene rings is 1. The number of carbonyl (C=O) groups excluding carboxylic acids is 1. The van der Waals surface area contributed by atoms with Crippen LogP contribution in [-0.2, 0) is 26.3 Å². The highest BCUT2D eigenvalue weighted by Crippen LogP contribution is 2.51. The third-order valence-corrected chi connectivity index (χ3v) is 8.53. The van der Waals surface area contributed by atoms with Gasteiger partial charge in [-0.2, -0.15) is 4.31 Å². The number of rotatable bonds is 8. The lowest BCUT2D eigenvalue weighted by Gasteiger charge is -2.26. The van der Waals surface area contributed by atoms with Crippen LogP contribution in [0.2, 0.25) is 0 Å². The van der Waals surface area contributed by atoms with Crippen LogP contribution in [0.3, 0.4) is 0 Å². The van der Waals surface area contributed by atoms with Gasteiger partial charge in [-0.3, -0.25) is 14.2 Å². The molecule has 1 aromatic carbocycles. The van der Waals surface area contributed by atoms with Crippen LogP contribution in [0.1, 0.15) is 51.9 Å². The molecule has 1 aromatic heterocycles. The zero-order chi connectivity index (χ0) is 22.2. The molecule has 0 radical (unpaired) electrons. The van der Waals surface area contributed by atoms with E-state index in [4.69, 9.17) is 10.5 Å². The van der Waals surface area contributed by atoms with Gasteiger partial charge in [-0.15, -0.1) is 0 Å². The van der Waals surface area contributed by atoms with Gasteiger partial charge >= 0.3 is 5.97 Å². The van der Waals surface area contributed by atoms with Crippen molar-refractivity contribution in [1.29, 1.82) is 0 Å². The first-order chi connectivity index (χ1) is 14.8. The molecule has 2 aromatic rings. The van der Waals surface area contributed by atoms with Crippen LogP contribution in [0.5, 0.6) is 0 Å². The number of esters is 1. The fourth-order valence-corrected chi connectivity index (χ4v) is 6.59. The van der Waals surface area contributed by atoms with Crippen LogP contribution in [-0.4, -0.2) is 41.4 Å². The zero-order valence-electron chi connectivity index (χ0n) is 17.7. The van der Waals surface area contributed by atoms with Gasteiger partial charge < -0.3 is 10.5 Å². The zero-order valence-corrected chi connectivity index (χ0v) is 18.6. The van der Waals surface area contributed by atoms with E-state index in [2.05, 4.69) is 6.92 Å². The van der Waals surface area contributed by atoms with Crippen LogP contribution in [0.25, 0.3) is 10.8 Å². The number of pyridine rings is 1. The van der Waals surface area contributed by atoms with E-state index in [9.17, 15) is 18.0 Å². The minimum absolute atomic E-state index is 0.117. The SMILES string of the molecule is CCCCCC(=O)OCn1ccc2c(S(=O)(=O)N3CCC(N)C34CC4)cccc2c1=O. The summed E-state index contributed by atoms with van der Waals surface area (Å²) in [6, 6.07) is 6.16. The molecule has 8 nitrogen and oxygen atoms in total. The minimum atomic E-state index is -3.79. The molecule has 168 valence electrons. The van der Waals surface area contributed by atoms with E-state index in [0.29, 0.717) is 24.8 Å². The molecule has 1 saturated carbocycles. The molecule has 2 aliphatic rings. The second kappa shape index (κ2) is 8.37. The first-order valence-corrected chi connectivity index (χ1v) is 12.3. The molecule has 0 bridgehead atoms. The maximum Gasteiger partial charge on any atom is 0.307 e. The first-order valence-electron chi connectivity index (χ1n) is 10.9. The topological polar surface area (TPSA) is 112 Å². The van der Waals surface area contributed by atoms with E-state index in [1.807, 2.05) is 0 Å². The highest BCUT2D eigenvalue weighted by Gasteiger charge is 2.60. The molecule has 1 saturated heterocycles. The first kappa shape index (κ1) is 22.0. The van der Waals surface area contributed by atoms with E-state index in [-0.39, 0.29) is 29.0 Å². The number of hydrogen-bond acceptors (Lipinski definition) is 6. The Morgan fingerprint density at radius 2 is 2.00 bits per heavy atom. The van der Waals surface area contributed by atoms with Crippen LogP contribution < -0.4 is 11.3 Å². The van der Waals surface area contributed by atoms with E-state index in [0.717, 1.165) is 32.1 Å². The molecular formula is C22H29N3O5S. The monoisotopic (exact) mass is 447 g/mol. The quantitative estimate of drug-likeness (QED) is 0.491. The molecule has 4 rings (SSSR count). The summed E-state index contributed by atoms with van der Waals surface area (Å²) < 4.78 is 35.0. The van der Waals surface area contributed by atoms with Gasteiger partial charge in [-0.05, 0) is 43.9 Å². The maximum atomic E-state index is 13.5. The van der Waals surface area contributed by atoms with E-state index in [1.165, 1.54) is 21.1 Å². The number of nitrogens with zero attached hydrogens (tertiary/aromatic N) is 2. The molecule has 2 fully saturated rings. The number of sulfonamides is 1. The van der Waals surface area contributed by atoms with Gasteiger partial charge in [-0.25, -0.2) is 8.42 Å². The molecule has 2 heterocycles. The normalized spacial score (nSPS) is 20.4. The van der Waals surface area contributed by atoms with Crippen molar-refractivity contribution in [3.8, 4) is 0 Å². The number of fused-ring (bicyclic) bond motifs is 1.